The molecule has 0 bridgehead atoms. The number of ether oxygens (including phenoxy) is 1. The van der Waals surface area contributed by atoms with Crippen LogP contribution >= 0.6 is 0 Å². The van der Waals surface area contributed by atoms with Crippen LogP contribution < -0.4 is 0 Å². The Morgan fingerprint density at radius 2 is 2.30 bits per heavy atom. The van der Waals surface area contributed by atoms with Crippen LogP contribution in [0.3, 0.4) is 0 Å². The van der Waals surface area contributed by atoms with Crippen molar-refractivity contribution in [1.82, 2.24) is 5.06 Å². The highest BCUT2D eigenvalue weighted by Crippen LogP contribution is 2.14. The highest BCUT2D eigenvalue weighted by molar-refractivity contribution is 4.57. The van der Waals surface area contributed by atoms with Crippen LogP contribution in [-0.2, 0) is 9.57 Å². The van der Waals surface area contributed by atoms with Gasteiger partial charge >= 0.3 is 0 Å². The van der Waals surface area contributed by atoms with Crippen LogP contribution in [0.5, 0.6) is 0 Å². The Labute approximate surface area is 61.9 Å². The summed E-state index contributed by atoms with van der Waals surface area (Å²) in [5.41, 5.74) is 0. The molecule has 0 amide bonds. The van der Waals surface area contributed by atoms with Gasteiger partial charge in [-0.2, -0.15) is 5.06 Å². The predicted molar refractivity (Wildman–Crippen MR) is 38.4 cm³/mol. The van der Waals surface area contributed by atoms with E-state index in [1.807, 2.05) is 7.05 Å². The molecule has 1 atom stereocenters. The largest absolute Gasteiger partial charge is 0.361 e. The van der Waals surface area contributed by atoms with E-state index in [1.165, 1.54) is 12.8 Å². The molecule has 3 nitrogen and oxygen atoms in total. The maximum absolute atomic E-state index is 5.43. The third-order valence-corrected chi connectivity index (χ3v) is 1.85. The summed E-state index contributed by atoms with van der Waals surface area (Å²) >= 11 is 0. The summed E-state index contributed by atoms with van der Waals surface area (Å²) < 4.78 is 5.43. The molecule has 1 saturated heterocycles. The highest BCUT2D eigenvalue weighted by Gasteiger charge is 2.17. The molecule has 0 saturated carbocycles. The molecular weight excluding hydrogens is 130 g/mol. The lowest BCUT2D eigenvalue weighted by molar-refractivity contribution is -0.231. The van der Waals surface area contributed by atoms with E-state index in [0.717, 1.165) is 13.0 Å². The van der Waals surface area contributed by atoms with Crippen LogP contribution in [0.2, 0.25) is 0 Å². The van der Waals surface area contributed by atoms with Gasteiger partial charge in [-0.1, -0.05) is 0 Å². The monoisotopic (exact) mass is 145 g/mol. The van der Waals surface area contributed by atoms with E-state index in [2.05, 4.69) is 0 Å². The van der Waals surface area contributed by atoms with Gasteiger partial charge in [0, 0.05) is 13.7 Å². The summed E-state index contributed by atoms with van der Waals surface area (Å²) in [5, 5.41) is 1.76. The number of hydrogen-bond acceptors (Lipinski definition) is 3. The SMILES string of the molecule is CON(C)C1CCCCO1. The zero-order valence-electron chi connectivity index (χ0n) is 6.67. The van der Waals surface area contributed by atoms with E-state index in [1.54, 1.807) is 12.2 Å². The summed E-state index contributed by atoms with van der Waals surface area (Å²) in [6.45, 7) is 0.873. The van der Waals surface area contributed by atoms with E-state index in [0.29, 0.717) is 0 Å². The van der Waals surface area contributed by atoms with Crippen LogP contribution in [0.4, 0.5) is 0 Å². The number of hydroxylamine groups is 2. The predicted octanol–water partition coefficient (Wildman–Crippen LogP) is 1.01. The summed E-state index contributed by atoms with van der Waals surface area (Å²) in [7, 11) is 3.56. The lowest BCUT2D eigenvalue weighted by Crippen LogP contribution is -2.35. The Balaban J connectivity index is 2.24. The van der Waals surface area contributed by atoms with Gasteiger partial charge in [0.1, 0.15) is 6.23 Å². The van der Waals surface area contributed by atoms with E-state index in [9.17, 15) is 0 Å². The van der Waals surface area contributed by atoms with Crippen molar-refractivity contribution in [2.24, 2.45) is 0 Å². The first-order chi connectivity index (χ1) is 4.84. The lowest BCUT2D eigenvalue weighted by atomic mass is 10.2. The molecule has 1 unspecified atom stereocenters. The normalized spacial score (nSPS) is 27.3. The maximum atomic E-state index is 5.43. The summed E-state index contributed by atoms with van der Waals surface area (Å²) in [6.07, 6.45) is 3.70. The Bertz CT molecular complexity index is 91.6. The third kappa shape index (κ3) is 1.94. The summed E-state index contributed by atoms with van der Waals surface area (Å²) in [4.78, 5) is 5.00. The molecule has 1 heterocycles. The molecule has 60 valence electrons. The minimum Gasteiger partial charge on any atom is -0.361 e. The van der Waals surface area contributed by atoms with Gasteiger partial charge in [-0.25, -0.2) is 0 Å². The molecular formula is C7H15NO2. The zero-order valence-corrected chi connectivity index (χ0v) is 6.67. The van der Waals surface area contributed by atoms with E-state index < -0.39 is 0 Å². The lowest BCUT2D eigenvalue weighted by Gasteiger charge is -2.28. The van der Waals surface area contributed by atoms with Gasteiger partial charge in [0.2, 0.25) is 0 Å². The molecule has 10 heavy (non-hydrogen) atoms. The zero-order chi connectivity index (χ0) is 7.40. The number of rotatable bonds is 2. The Hall–Kier alpha value is -0.120. The topological polar surface area (TPSA) is 21.7 Å². The van der Waals surface area contributed by atoms with Gasteiger partial charge < -0.3 is 9.57 Å². The van der Waals surface area contributed by atoms with E-state index in [4.69, 9.17) is 9.57 Å². The molecule has 0 aliphatic carbocycles. The average molecular weight is 145 g/mol. The van der Waals surface area contributed by atoms with Crippen LogP contribution in [0.25, 0.3) is 0 Å². The van der Waals surface area contributed by atoms with Crippen molar-refractivity contribution in [2.45, 2.75) is 25.5 Å². The van der Waals surface area contributed by atoms with Crippen LogP contribution in [0.15, 0.2) is 0 Å². The van der Waals surface area contributed by atoms with Crippen molar-refractivity contribution in [2.75, 3.05) is 20.8 Å². The molecule has 0 aromatic rings. The first kappa shape index (κ1) is 7.98. The number of nitrogens with zero attached hydrogens (tertiary/aromatic N) is 1. The molecule has 0 aromatic heterocycles. The van der Waals surface area contributed by atoms with Gasteiger partial charge in [0.05, 0.1) is 7.11 Å². The van der Waals surface area contributed by atoms with Crippen molar-refractivity contribution in [1.29, 1.82) is 0 Å². The second-order valence-electron chi connectivity index (χ2n) is 2.55. The smallest absolute Gasteiger partial charge is 0.132 e. The minimum absolute atomic E-state index is 0.179. The van der Waals surface area contributed by atoms with Gasteiger partial charge in [-0.05, 0) is 19.3 Å². The molecule has 3 heteroatoms. The van der Waals surface area contributed by atoms with Crippen molar-refractivity contribution in [3.05, 3.63) is 0 Å². The Morgan fingerprint density at radius 3 is 2.80 bits per heavy atom. The second-order valence-corrected chi connectivity index (χ2v) is 2.55. The molecule has 0 N–H and O–H groups in total. The molecule has 1 rings (SSSR count). The van der Waals surface area contributed by atoms with Gasteiger partial charge in [-0.15, -0.1) is 0 Å². The van der Waals surface area contributed by atoms with Crippen molar-refractivity contribution in [3.8, 4) is 0 Å². The average Bonchev–Trinajstić information content (AvgIpc) is 2.05. The second kappa shape index (κ2) is 3.91. The minimum atomic E-state index is 0.179. The molecule has 1 aliphatic heterocycles. The molecule has 0 radical (unpaired) electrons. The number of hydrogen-bond donors (Lipinski definition) is 0. The molecule has 1 fully saturated rings. The fraction of sp³-hybridized carbons (Fsp3) is 1.00. The summed E-state index contributed by atoms with van der Waals surface area (Å²) in [6, 6.07) is 0. The third-order valence-electron chi connectivity index (χ3n) is 1.85. The van der Waals surface area contributed by atoms with E-state index in [-0.39, 0.29) is 6.23 Å². The fourth-order valence-electron chi connectivity index (χ4n) is 1.13. The van der Waals surface area contributed by atoms with Crippen molar-refractivity contribution in [3.63, 3.8) is 0 Å². The van der Waals surface area contributed by atoms with E-state index >= 15 is 0 Å². The first-order valence-corrected chi connectivity index (χ1v) is 3.73. The van der Waals surface area contributed by atoms with Crippen molar-refractivity contribution < 1.29 is 9.57 Å². The van der Waals surface area contributed by atoms with Crippen LogP contribution in [0, 0.1) is 0 Å². The molecule has 1 aliphatic rings. The van der Waals surface area contributed by atoms with Crippen LogP contribution in [0.1, 0.15) is 19.3 Å². The fourth-order valence-corrected chi connectivity index (χ4v) is 1.13. The first-order valence-electron chi connectivity index (χ1n) is 3.73. The quantitative estimate of drug-likeness (QED) is 0.541. The summed E-state index contributed by atoms with van der Waals surface area (Å²) in [5.74, 6) is 0. The van der Waals surface area contributed by atoms with Gasteiger partial charge in [0.25, 0.3) is 0 Å². The molecule has 0 aromatic carbocycles. The van der Waals surface area contributed by atoms with Gasteiger partial charge in [0.15, 0.2) is 0 Å². The highest BCUT2D eigenvalue weighted by atomic mass is 16.7. The Morgan fingerprint density at radius 1 is 1.50 bits per heavy atom. The van der Waals surface area contributed by atoms with Gasteiger partial charge in [-0.3, -0.25) is 0 Å². The van der Waals surface area contributed by atoms with Crippen molar-refractivity contribution >= 4 is 0 Å². The van der Waals surface area contributed by atoms with Crippen LogP contribution in [-0.4, -0.2) is 32.1 Å². The standard InChI is InChI=1S/C7H15NO2/c1-8(9-2)7-5-3-4-6-10-7/h7H,3-6H2,1-2H3. The molecule has 0 spiro atoms. The maximum Gasteiger partial charge on any atom is 0.132 e. The Kier molecular flexibility index (Phi) is 3.12.